The molecule has 18 heavy (non-hydrogen) atoms. The molecule has 5 nitrogen and oxygen atoms in total. The maximum atomic E-state index is 12.0. The van der Waals surface area contributed by atoms with Gasteiger partial charge in [0, 0.05) is 0 Å². The summed E-state index contributed by atoms with van der Waals surface area (Å²) in [6.45, 7) is 3.45. The van der Waals surface area contributed by atoms with Crippen LogP contribution in [0.25, 0.3) is 0 Å². The van der Waals surface area contributed by atoms with Crippen LogP contribution in [0.4, 0.5) is 0 Å². The van der Waals surface area contributed by atoms with Crippen molar-refractivity contribution in [1.82, 2.24) is 4.72 Å². The second kappa shape index (κ2) is 5.97. The number of sulfonamides is 1. The molecule has 0 radical (unpaired) electrons. The van der Waals surface area contributed by atoms with Crippen molar-refractivity contribution >= 4 is 16.0 Å². The van der Waals surface area contributed by atoms with Crippen LogP contribution in [0.15, 0.2) is 35.2 Å². The van der Waals surface area contributed by atoms with Gasteiger partial charge in [-0.25, -0.2) is 13.1 Å². The Labute approximate surface area is 107 Å². The number of benzene rings is 1. The normalized spacial score (nSPS) is 15.0. The fourth-order valence-electron chi connectivity index (χ4n) is 1.47. The number of hydrogen-bond acceptors (Lipinski definition) is 4. The molecule has 0 fully saturated rings. The fraction of sp³-hybridized carbons (Fsp3) is 0.417. The van der Waals surface area contributed by atoms with Gasteiger partial charge >= 0.3 is 0 Å². The molecule has 0 amide bonds. The number of nitrogens with one attached hydrogen (secondary N) is 1. The number of carbonyl (C=O) groups excluding carboxylic acids is 1. The predicted molar refractivity (Wildman–Crippen MR) is 65.0 cm³/mol. The van der Waals surface area contributed by atoms with Gasteiger partial charge in [-0.15, -0.1) is 0 Å². The lowest BCUT2D eigenvalue weighted by molar-refractivity contribution is -0.309. The van der Waals surface area contributed by atoms with Crippen molar-refractivity contribution in [1.29, 1.82) is 0 Å². The molecule has 1 N–H and O–H groups in total. The van der Waals surface area contributed by atoms with E-state index in [0.29, 0.717) is 6.42 Å². The summed E-state index contributed by atoms with van der Waals surface area (Å²) in [5, 5.41) is 11.0. The van der Waals surface area contributed by atoms with Crippen molar-refractivity contribution in [3.8, 4) is 0 Å². The molecule has 6 heteroatoms. The van der Waals surface area contributed by atoms with E-state index in [-0.39, 0.29) is 10.8 Å². The monoisotopic (exact) mass is 270 g/mol. The molecule has 0 aliphatic rings. The Kier molecular flexibility index (Phi) is 4.86. The molecule has 0 aliphatic carbocycles. The van der Waals surface area contributed by atoms with E-state index >= 15 is 0 Å². The highest BCUT2D eigenvalue weighted by Crippen LogP contribution is 2.13. The highest BCUT2D eigenvalue weighted by Gasteiger charge is 2.24. The Morgan fingerprint density at radius 3 is 2.33 bits per heavy atom. The molecule has 0 heterocycles. The van der Waals surface area contributed by atoms with Crippen LogP contribution in [0.5, 0.6) is 0 Å². The van der Waals surface area contributed by atoms with E-state index in [4.69, 9.17) is 0 Å². The van der Waals surface area contributed by atoms with Gasteiger partial charge in [0.1, 0.15) is 0 Å². The molecule has 1 aromatic carbocycles. The lowest BCUT2D eigenvalue weighted by Crippen LogP contribution is -2.51. The van der Waals surface area contributed by atoms with Gasteiger partial charge in [-0.2, -0.15) is 0 Å². The van der Waals surface area contributed by atoms with Crippen molar-refractivity contribution in [3.05, 3.63) is 30.3 Å². The zero-order valence-corrected chi connectivity index (χ0v) is 11.1. The Bertz CT molecular complexity index is 498. The van der Waals surface area contributed by atoms with E-state index in [9.17, 15) is 18.3 Å². The average Bonchev–Trinajstić information content (AvgIpc) is 2.36. The summed E-state index contributed by atoms with van der Waals surface area (Å²) in [5.74, 6) is -1.75. The minimum Gasteiger partial charge on any atom is -0.548 e. The zero-order chi connectivity index (χ0) is 13.8. The summed E-state index contributed by atoms with van der Waals surface area (Å²) in [4.78, 5) is 11.0. The number of aliphatic carboxylic acids is 1. The van der Waals surface area contributed by atoms with Crippen molar-refractivity contribution in [3.63, 3.8) is 0 Å². The molecule has 0 spiro atoms. The second-order valence-corrected chi connectivity index (χ2v) is 5.83. The van der Waals surface area contributed by atoms with Gasteiger partial charge in [0.05, 0.1) is 16.9 Å². The van der Waals surface area contributed by atoms with Crippen molar-refractivity contribution < 1.29 is 18.3 Å². The zero-order valence-electron chi connectivity index (χ0n) is 10.3. The third-order valence-corrected chi connectivity index (χ3v) is 4.26. The average molecular weight is 270 g/mol. The summed E-state index contributed by atoms with van der Waals surface area (Å²) in [6.07, 6.45) is 0.538. The van der Waals surface area contributed by atoms with E-state index < -0.39 is 22.0 Å². The van der Waals surface area contributed by atoms with Crippen LogP contribution in [0.1, 0.15) is 20.3 Å². The fourth-order valence-corrected chi connectivity index (χ4v) is 2.78. The summed E-state index contributed by atoms with van der Waals surface area (Å²) in [5.41, 5.74) is 0. The van der Waals surface area contributed by atoms with Crippen molar-refractivity contribution in [2.75, 3.05) is 0 Å². The molecule has 0 aliphatic heterocycles. The van der Waals surface area contributed by atoms with E-state index in [0.717, 1.165) is 0 Å². The molecule has 0 saturated carbocycles. The van der Waals surface area contributed by atoms with E-state index in [1.54, 1.807) is 32.0 Å². The first kappa shape index (κ1) is 14.7. The van der Waals surface area contributed by atoms with Crippen molar-refractivity contribution in [2.45, 2.75) is 31.2 Å². The first-order valence-electron chi connectivity index (χ1n) is 5.66. The van der Waals surface area contributed by atoms with Crippen LogP contribution in [-0.4, -0.2) is 20.4 Å². The van der Waals surface area contributed by atoms with Gasteiger partial charge in [-0.05, 0) is 18.1 Å². The van der Waals surface area contributed by atoms with Gasteiger partial charge in [0.25, 0.3) is 0 Å². The summed E-state index contributed by atoms with van der Waals surface area (Å²) in [6, 6.07) is 6.43. The highest BCUT2D eigenvalue weighted by molar-refractivity contribution is 7.89. The quantitative estimate of drug-likeness (QED) is 0.796. The minimum atomic E-state index is -3.83. The largest absolute Gasteiger partial charge is 0.548 e. The number of carboxylic acid groups (broad SMARTS) is 1. The summed E-state index contributed by atoms with van der Waals surface area (Å²) < 4.78 is 26.1. The molecule has 0 bridgehead atoms. The lowest BCUT2D eigenvalue weighted by Gasteiger charge is -2.24. The van der Waals surface area contributed by atoms with E-state index in [2.05, 4.69) is 4.72 Å². The molecule has 0 saturated heterocycles. The smallest absolute Gasteiger partial charge is 0.241 e. The highest BCUT2D eigenvalue weighted by atomic mass is 32.2. The Hall–Kier alpha value is -1.40. The van der Waals surface area contributed by atoms with Crippen LogP contribution in [0, 0.1) is 5.92 Å². The molecule has 1 aromatic rings. The van der Waals surface area contributed by atoms with E-state index in [1.165, 1.54) is 12.1 Å². The van der Waals surface area contributed by atoms with Crippen LogP contribution in [-0.2, 0) is 14.8 Å². The number of hydrogen-bond donors (Lipinski definition) is 1. The second-order valence-electron chi connectivity index (χ2n) is 4.12. The van der Waals surface area contributed by atoms with Crippen LogP contribution in [0.3, 0.4) is 0 Å². The number of carbonyl (C=O) groups is 1. The minimum absolute atomic E-state index is 0.0413. The molecule has 0 aromatic heterocycles. The van der Waals surface area contributed by atoms with E-state index in [1.807, 2.05) is 0 Å². The van der Waals surface area contributed by atoms with Gasteiger partial charge < -0.3 is 9.90 Å². The van der Waals surface area contributed by atoms with Gasteiger partial charge in [0.2, 0.25) is 10.0 Å². The standard InChI is InChI=1S/C12H17NO4S/c1-3-9(2)11(12(14)15)13-18(16,17)10-7-5-4-6-8-10/h4-9,11,13H,3H2,1-2H3,(H,14,15)/p-1. The Morgan fingerprint density at radius 1 is 1.33 bits per heavy atom. The molecule has 1 rings (SSSR count). The summed E-state index contributed by atoms with van der Waals surface area (Å²) in [7, 11) is -3.83. The first-order chi connectivity index (χ1) is 8.38. The topological polar surface area (TPSA) is 86.3 Å². The first-order valence-corrected chi connectivity index (χ1v) is 7.15. The lowest BCUT2D eigenvalue weighted by atomic mass is 10.0. The Balaban J connectivity index is 2.97. The van der Waals surface area contributed by atoms with Crippen LogP contribution < -0.4 is 9.83 Å². The third kappa shape index (κ3) is 3.54. The predicted octanol–water partition coefficient (Wildman–Crippen LogP) is 0.130. The summed E-state index contributed by atoms with van der Waals surface area (Å²) >= 11 is 0. The molecular weight excluding hydrogens is 254 g/mol. The van der Waals surface area contributed by atoms with Gasteiger partial charge in [-0.3, -0.25) is 0 Å². The van der Waals surface area contributed by atoms with Crippen LogP contribution >= 0.6 is 0 Å². The SMILES string of the molecule is CCC(C)C(NS(=O)(=O)c1ccccc1)C(=O)[O-]. The Morgan fingerprint density at radius 2 is 1.89 bits per heavy atom. The molecule has 100 valence electrons. The van der Waals surface area contributed by atoms with Gasteiger partial charge in [-0.1, -0.05) is 38.5 Å². The molecule has 2 atom stereocenters. The molecular formula is C12H16NO4S-. The van der Waals surface area contributed by atoms with Crippen molar-refractivity contribution in [2.24, 2.45) is 5.92 Å². The van der Waals surface area contributed by atoms with Crippen LogP contribution in [0.2, 0.25) is 0 Å². The number of rotatable bonds is 6. The molecule has 2 unspecified atom stereocenters. The maximum Gasteiger partial charge on any atom is 0.241 e. The van der Waals surface area contributed by atoms with Gasteiger partial charge in [0.15, 0.2) is 0 Å². The number of carboxylic acids is 1. The maximum absolute atomic E-state index is 12.0. The third-order valence-electron chi connectivity index (χ3n) is 2.80.